The molecule has 0 saturated carbocycles. The predicted molar refractivity (Wildman–Crippen MR) is 231 cm³/mol. The van der Waals surface area contributed by atoms with E-state index in [1.807, 2.05) is 35.7 Å². The van der Waals surface area contributed by atoms with Crippen molar-refractivity contribution >= 4 is 26.5 Å². The number of rotatable bonds is 8. The van der Waals surface area contributed by atoms with E-state index in [-0.39, 0.29) is 17.4 Å². The van der Waals surface area contributed by atoms with Gasteiger partial charge >= 0.3 is 5.69 Å². The third-order valence-corrected chi connectivity index (χ3v) is 15.3. The zero-order valence-electron chi connectivity index (χ0n) is 34.8. The van der Waals surface area contributed by atoms with Crippen LogP contribution in [-0.2, 0) is 34.5 Å². The summed E-state index contributed by atoms with van der Waals surface area (Å²) in [5, 5.41) is 10.5. The summed E-state index contributed by atoms with van der Waals surface area (Å²) in [5.41, 5.74) is 7.01. The van der Waals surface area contributed by atoms with Gasteiger partial charge in [0.1, 0.15) is 17.3 Å². The molecular weight excluding hydrogens is 794 g/mol. The van der Waals surface area contributed by atoms with Gasteiger partial charge in [0.05, 0.1) is 45.1 Å². The summed E-state index contributed by atoms with van der Waals surface area (Å²) >= 11 is 0. The molecule has 0 N–H and O–H groups in total. The van der Waals surface area contributed by atoms with Crippen LogP contribution in [0.25, 0.3) is 28.1 Å². The van der Waals surface area contributed by atoms with Crippen LogP contribution in [0.15, 0.2) is 99.4 Å². The molecule has 3 aromatic carbocycles. The minimum atomic E-state index is -2.45. The van der Waals surface area contributed by atoms with Gasteiger partial charge in [-0.15, -0.1) is 0 Å². The molecule has 13 nitrogen and oxygen atoms in total. The van der Waals surface area contributed by atoms with Crippen LogP contribution in [0.1, 0.15) is 82.3 Å². The fraction of sp³-hybridized carbons (Fsp3) is 0.348. The summed E-state index contributed by atoms with van der Waals surface area (Å²) in [6.07, 6.45) is 8.34. The first-order valence-electron chi connectivity index (χ1n) is 21.0. The first-order valence-corrected chi connectivity index (χ1v) is 22.7. The minimum Gasteiger partial charge on any atom is -0.381 e. The number of carbonyl (C=O) groups excluding carboxylic acids is 1. The van der Waals surface area contributed by atoms with Crippen molar-refractivity contribution in [2.75, 3.05) is 32.1 Å². The molecule has 7 heterocycles. The van der Waals surface area contributed by atoms with Crippen molar-refractivity contribution < 1.29 is 18.1 Å². The Bertz CT molecular complexity index is 3020. The van der Waals surface area contributed by atoms with Gasteiger partial charge in [-0.2, -0.15) is 10.2 Å². The molecule has 2 atom stereocenters. The third-order valence-electron chi connectivity index (χ3n) is 12.8. The fourth-order valence-electron chi connectivity index (χ4n) is 9.46. The van der Waals surface area contributed by atoms with Gasteiger partial charge in [-0.05, 0) is 123 Å². The number of hydrogen-bond acceptors (Lipinski definition) is 7. The minimum absolute atomic E-state index is 0.131. The van der Waals surface area contributed by atoms with E-state index in [1.165, 1.54) is 10.1 Å². The van der Waals surface area contributed by atoms with Crippen LogP contribution in [0, 0.1) is 19.7 Å². The molecule has 314 valence electrons. The number of aryl methyl sites for hydroxylation is 3. The van der Waals surface area contributed by atoms with E-state index in [4.69, 9.17) is 9.84 Å². The number of fused-ring (bicyclic) bond motifs is 2. The van der Waals surface area contributed by atoms with Crippen LogP contribution < -0.4 is 5.69 Å². The zero-order valence-corrected chi connectivity index (χ0v) is 35.6. The van der Waals surface area contributed by atoms with Gasteiger partial charge in [0.15, 0.2) is 0 Å². The molecule has 4 aromatic heterocycles. The number of benzene rings is 3. The second-order valence-corrected chi connectivity index (χ2v) is 19.0. The summed E-state index contributed by atoms with van der Waals surface area (Å²) in [6, 6.07) is 20.7. The van der Waals surface area contributed by atoms with E-state index in [9.17, 15) is 9.00 Å². The Morgan fingerprint density at radius 2 is 1.70 bits per heavy atom. The van der Waals surface area contributed by atoms with Crippen LogP contribution in [0.3, 0.4) is 0 Å². The van der Waals surface area contributed by atoms with Gasteiger partial charge in [-0.1, -0.05) is 6.07 Å². The number of nitrogens with zero attached hydrogens (tertiary/aromatic N) is 9. The molecule has 3 aliphatic heterocycles. The molecule has 0 spiro atoms. The summed E-state index contributed by atoms with van der Waals surface area (Å²) in [4.78, 5) is 32.3. The Kier molecular flexibility index (Phi) is 9.70. The smallest absolute Gasteiger partial charge is 0.338 e. The number of carbonyl (C=O) groups is 1. The molecule has 0 bridgehead atoms. The second kappa shape index (κ2) is 15.1. The first kappa shape index (κ1) is 39.1. The lowest BCUT2D eigenvalue weighted by Gasteiger charge is -2.34. The van der Waals surface area contributed by atoms with Crippen LogP contribution in [0.4, 0.5) is 4.39 Å². The molecular formula is C46H48FN9O4S. The Hall–Kier alpha value is -6.06. The summed E-state index contributed by atoms with van der Waals surface area (Å²) in [5.74, 6) is 0.983. The maximum Gasteiger partial charge on any atom is 0.338 e. The topological polar surface area (TPSA) is 126 Å². The van der Waals surface area contributed by atoms with E-state index < -0.39 is 15.8 Å². The predicted octanol–water partition coefficient (Wildman–Crippen LogP) is 7.19. The first-order chi connectivity index (χ1) is 29.5. The van der Waals surface area contributed by atoms with E-state index in [1.54, 1.807) is 78.1 Å². The van der Waals surface area contributed by atoms with E-state index in [0.717, 1.165) is 60.3 Å². The SMILES string of the molecule is Cc1cc(-n2nc3c(c2-n2ccn(-c4ccc([S@@]5(=O)=NCCC5)cc4)c2=O)[C@H](C)N(C(=O)c2cc4cc(C5CCOCC5)ccc4n2Cc2ccnn2C)CC3)cc(C)c1F. The van der Waals surface area contributed by atoms with Crippen LogP contribution >= 0.6 is 0 Å². The third kappa shape index (κ3) is 6.65. The van der Waals surface area contributed by atoms with Crippen molar-refractivity contribution in [2.45, 2.75) is 69.9 Å². The van der Waals surface area contributed by atoms with Crippen molar-refractivity contribution in [1.29, 1.82) is 0 Å². The van der Waals surface area contributed by atoms with Gasteiger partial charge in [-0.25, -0.2) is 22.4 Å². The van der Waals surface area contributed by atoms with Crippen molar-refractivity contribution in [2.24, 2.45) is 11.4 Å². The quantitative estimate of drug-likeness (QED) is 0.160. The van der Waals surface area contributed by atoms with Gasteiger partial charge in [0, 0.05) is 85.5 Å². The lowest BCUT2D eigenvalue weighted by molar-refractivity contribution is 0.0667. The molecule has 1 fully saturated rings. The van der Waals surface area contributed by atoms with Gasteiger partial charge in [-0.3, -0.25) is 18.6 Å². The molecule has 1 amide bonds. The number of amides is 1. The Labute approximate surface area is 353 Å². The second-order valence-electron chi connectivity index (χ2n) is 16.5. The van der Waals surface area contributed by atoms with Gasteiger partial charge in [0.25, 0.3) is 5.91 Å². The van der Waals surface area contributed by atoms with Gasteiger partial charge < -0.3 is 14.2 Å². The molecule has 15 heteroatoms. The highest BCUT2D eigenvalue weighted by Gasteiger charge is 2.37. The molecule has 61 heavy (non-hydrogen) atoms. The van der Waals surface area contributed by atoms with Crippen molar-refractivity contribution in [1.82, 2.24) is 38.2 Å². The molecule has 10 rings (SSSR count). The fourth-order valence-corrected chi connectivity index (χ4v) is 11.5. The van der Waals surface area contributed by atoms with Crippen LogP contribution in [0.2, 0.25) is 0 Å². The Morgan fingerprint density at radius 1 is 0.951 bits per heavy atom. The Morgan fingerprint density at radius 3 is 2.41 bits per heavy atom. The molecule has 3 aliphatic rings. The standard InChI is InChI=1S/C46H48FN9O4S/c1-29-24-37(25-30(2)43(29)47)56-44(54-20-19-53(46(54)58)35-7-9-38(10-8-35)61(59)23-5-16-49-61)42-31(3)52(18-13-39(42)50-56)45(57)41-27-34-26-33(32-14-21-60-22-15-32)6-11-40(34)55(41)28-36-12-17-48-51(36)4/h6-12,17,19-20,24-27,31-32H,5,13-16,18,21-23,28H2,1-4H3/t31-,61+/m0/s1. The highest BCUT2D eigenvalue weighted by molar-refractivity contribution is 7.93. The van der Waals surface area contributed by atoms with E-state index >= 15 is 9.18 Å². The van der Waals surface area contributed by atoms with Gasteiger partial charge in [0.2, 0.25) is 0 Å². The number of imidazole rings is 1. The normalized spacial score (nSPS) is 19.4. The number of aromatic nitrogens is 7. The maximum absolute atomic E-state index is 15.2. The zero-order chi connectivity index (χ0) is 42.2. The lowest BCUT2D eigenvalue weighted by Crippen LogP contribution is -2.40. The average molecular weight is 842 g/mol. The summed E-state index contributed by atoms with van der Waals surface area (Å²) in [7, 11) is -0.542. The molecule has 7 aromatic rings. The highest BCUT2D eigenvalue weighted by Crippen LogP contribution is 2.38. The van der Waals surface area contributed by atoms with Crippen molar-refractivity contribution in [3.05, 3.63) is 141 Å². The summed E-state index contributed by atoms with van der Waals surface area (Å²) < 4.78 is 47.2. The molecule has 0 unspecified atom stereocenters. The number of hydrogen-bond donors (Lipinski definition) is 0. The lowest BCUT2D eigenvalue weighted by atomic mass is 9.91. The Balaban J connectivity index is 1.07. The van der Waals surface area contributed by atoms with Crippen molar-refractivity contribution in [3.8, 4) is 17.2 Å². The van der Waals surface area contributed by atoms with Crippen LogP contribution in [-0.4, -0.2) is 80.3 Å². The monoisotopic (exact) mass is 841 g/mol. The highest BCUT2D eigenvalue weighted by atomic mass is 32.2. The average Bonchev–Trinajstić information content (AvgIpc) is 4.12. The van der Waals surface area contributed by atoms with E-state index in [2.05, 4.69) is 32.2 Å². The molecule has 0 aliphatic carbocycles. The number of ether oxygens (including phenoxy) is 1. The van der Waals surface area contributed by atoms with E-state index in [0.29, 0.717) is 76.6 Å². The molecule has 0 radical (unpaired) electrons. The summed E-state index contributed by atoms with van der Waals surface area (Å²) in [6.45, 7) is 8.35. The van der Waals surface area contributed by atoms with Crippen molar-refractivity contribution in [3.63, 3.8) is 0 Å². The maximum atomic E-state index is 15.2. The van der Waals surface area contributed by atoms with Crippen LogP contribution in [0.5, 0.6) is 0 Å². The molecule has 1 saturated heterocycles. The largest absolute Gasteiger partial charge is 0.381 e. The number of halogens is 1.